The van der Waals surface area contributed by atoms with Crippen LogP contribution in [0.3, 0.4) is 0 Å². The summed E-state index contributed by atoms with van der Waals surface area (Å²) >= 11 is 5.82. The maximum absolute atomic E-state index is 12.7. The molecule has 1 aliphatic heterocycles. The molecule has 5 heteroatoms. The van der Waals surface area contributed by atoms with Gasteiger partial charge in [0.2, 0.25) is 11.8 Å². The minimum Gasteiger partial charge on any atom is -0.274 e. The highest BCUT2D eigenvalue weighted by molar-refractivity contribution is 6.30. The van der Waals surface area contributed by atoms with E-state index in [1.807, 2.05) is 31.2 Å². The lowest BCUT2D eigenvalue weighted by atomic mass is 9.90. The second-order valence-electron chi connectivity index (χ2n) is 5.93. The Morgan fingerprint density at radius 2 is 1.78 bits per heavy atom. The highest BCUT2D eigenvalue weighted by Gasteiger charge is 2.46. The van der Waals surface area contributed by atoms with Crippen LogP contribution in [-0.2, 0) is 16.0 Å². The van der Waals surface area contributed by atoms with Crippen LogP contribution in [0.1, 0.15) is 18.1 Å². The minimum absolute atomic E-state index is 0.196. The van der Waals surface area contributed by atoms with Crippen molar-refractivity contribution in [2.45, 2.75) is 20.3 Å². The average molecular weight is 329 g/mol. The van der Waals surface area contributed by atoms with E-state index in [1.54, 1.807) is 19.1 Å². The Morgan fingerprint density at radius 1 is 1.09 bits per heavy atom. The Bertz CT molecular complexity index is 741. The Kier molecular flexibility index (Phi) is 4.18. The molecule has 118 valence electrons. The van der Waals surface area contributed by atoms with Crippen molar-refractivity contribution in [1.82, 2.24) is 4.98 Å². The molecule has 1 fully saturated rings. The highest BCUT2D eigenvalue weighted by Crippen LogP contribution is 2.32. The van der Waals surface area contributed by atoms with Gasteiger partial charge in [0.25, 0.3) is 0 Å². The first-order valence-corrected chi connectivity index (χ1v) is 7.90. The van der Waals surface area contributed by atoms with Crippen molar-refractivity contribution >= 4 is 29.2 Å². The van der Waals surface area contributed by atoms with E-state index in [2.05, 4.69) is 4.98 Å². The Morgan fingerprint density at radius 3 is 2.39 bits per heavy atom. The molecule has 4 nitrogen and oxygen atoms in total. The SMILES string of the molecule is Cc1ccc(C[C@@H]2C(=O)N(c3ccc(Cl)cn3)C(=O)[C@@H]2C)cc1. The summed E-state index contributed by atoms with van der Waals surface area (Å²) in [5.41, 5.74) is 2.22. The summed E-state index contributed by atoms with van der Waals surface area (Å²) in [6.45, 7) is 3.82. The number of carbonyl (C=O) groups excluding carboxylic acids is 2. The van der Waals surface area contributed by atoms with Crippen LogP contribution in [0.5, 0.6) is 0 Å². The van der Waals surface area contributed by atoms with Gasteiger partial charge in [0.15, 0.2) is 0 Å². The van der Waals surface area contributed by atoms with E-state index in [4.69, 9.17) is 11.6 Å². The topological polar surface area (TPSA) is 50.3 Å². The summed E-state index contributed by atoms with van der Waals surface area (Å²) < 4.78 is 0. The predicted octanol–water partition coefficient (Wildman–Crippen LogP) is 3.41. The molecular formula is C18H17ClN2O2. The van der Waals surface area contributed by atoms with Crippen LogP contribution in [0.25, 0.3) is 0 Å². The second-order valence-corrected chi connectivity index (χ2v) is 6.37. The van der Waals surface area contributed by atoms with Gasteiger partial charge in [-0.25, -0.2) is 9.88 Å². The number of carbonyl (C=O) groups is 2. The van der Waals surface area contributed by atoms with Crippen LogP contribution in [0.15, 0.2) is 42.6 Å². The molecule has 0 N–H and O–H groups in total. The lowest BCUT2D eigenvalue weighted by Gasteiger charge is -2.14. The van der Waals surface area contributed by atoms with E-state index in [0.29, 0.717) is 17.3 Å². The molecule has 2 atom stereocenters. The number of benzene rings is 1. The summed E-state index contributed by atoms with van der Waals surface area (Å²) in [6.07, 6.45) is 1.99. The first-order valence-electron chi connectivity index (χ1n) is 7.52. The highest BCUT2D eigenvalue weighted by atomic mass is 35.5. The fraction of sp³-hybridized carbons (Fsp3) is 0.278. The molecule has 0 spiro atoms. The van der Waals surface area contributed by atoms with Crippen LogP contribution < -0.4 is 4.90 Å². The largest absolute Gasteiger partial charge is 0.274 e. The summed E-state index contributed by atoms with van der Waals surface area (Å²) in [4.78, 5) is 30.5. The zero-order chi connectivity index (χ0) is 16.6. The van der Waals surface area contributed by atoms with Crippen LogP contribution in [-0.4, -0.2) is 16.8 Å². The van der Waals surface area contributed by atoms with Crippen molar-refractivity contribution in [3.63, 3.8) is 0 Å². The second kappa shape index (κ2) is 6.13. The van der Waals surface area contributed by atoms with Crippen molar-refractivity contribution in [3.8, 4) is 0 Å². The number of pyridine rings is 1. The number of hydrogen-bond donors (Lipinski definition) is 0. The number of aryl methyl sites for hydroxylation is 1. The van der Waals surface area contributed by atoms with Crippen molar-refractivity contribution in [1.29, 1.82) is 0 Å². The van der Waals surface area contributed by atoms with Gasteiger partial charge < -0.3 is 0 Å². The molecule has 1 aliphatic rings. The third-order valence-electron chi connectivity index (χ3n) is 4.27. The third-order valence-corrected chi connectivity index (χ3v) is 4.49. The fourth-order valence-electron chi connectivity index (χ4n) is 2.83. The normalized spacial score (nSPS) is 21.1. The molecule has 23 heavy (non-hydrogen) atoms. The number of rotatable bonds is 3. The van der Waals surface area contributed by atoms with Crippen molar-refractivity contribution < 1.29 is 9.59 Å². The van der Waals surface area contributed by atoms with E-state index in [-0.39, 0.29) is 23.7 Å². The van der Waals surface area contributed by atoms with Crippen LogP contribution >= 0.6 is 11.6 Å². The first-order chi connectivity index (χ1) is 11.0. The molecule has 3 rings (SSSR count). The molecule has 0 aliphatic carbocycles. The van der Waals surface area contributed by atoms with Gasteiger partial charge in [-0.3, -0.25) is 9.59 Å². The first kappa shape index (κ1) is 15.7. The Hall–Kier alpha value is -2.20. The Balaban J connectivity index is 1.85. The molecule has 0 saturated carbocycles. The third kappa shape index (κ3) is 2.99. The van der Waals surface area contributed by atoms with Gasteiger partial charge in [-0.2, -0.15) is 0 Å². The monoisotopic (exact) mass is 328 g/mol. The summed E-state index contributed by atoms with van der Waals surface area (Å²) in [5, 5.41) is 0.470. The zero-order valence-corrected chi connectivity index (χ0v) is 13.7. The number of halogens is 1. The standard InChI is InChI=1S/C18H17ClN2O2/c1-11-3-5-13(6-4-11)9-15-12(2)17(22)21(18(15)23)16-8-7-14(19)10-20-16/h3-8,10,12,15H,9H2,1-2H3/t12-,15+/m1/s1. The van der Waals surface area contributed by atoms with Gasteiger partial charge in [-0.1, -0.05) is 48.4 Å². The Labute approximate surface area is 140 Å². The number of anilines is 1. The van der Waals surface area contributed by atoms with Gasteiger partial charge in [-0.05, 0) is 31.0 Å². The summed E-state index contributed by atoms with van der Waals surface area (Å²) in [6, 6.07) is 11.3. The lowest BCUT2D eigenvalue weighted by Crippen LogP contribution is -2.31. The van der Waals surface area contributed by atoms with E-state index >= 15 is 0 Å². The number of imide groups is 1. The molecule has 0 bridgehead atoms. The van der Waals surface area contributed by atoms with E-state index in [1.165, 1.54) is 16.7 Å². The number of amides is 2. The van der Waals surface area contributed by atoms with Gasteiger partial charge in [0.1, 0.15) is 5.82 Å². The summed E-state index contributed by atoms with van der Waals surface area (Å²) in [5.74, 6) is -0.786. The predicted molar refractivity (Wildman–Crippen MR) is 89.3 cm³/mol. The maximum Gasteiger partial charge on any atom is 0.239 e. The molecule has 2 heterocycles. The summed E-state index contributed by atoms with van der Waals surface area (Å²) in [7, 11) is 0. The fourth-order valence-corrected chi connectivity index (χ4v) is 2.94. The van der Waals surface area contributed by atoms with Crippen LogP contribution in [0.4, 0.5) is 5.82 Å². The molecule has 2 aromatic rings. The molecular weight excluding hydrogens is 312 g/mol. The maximum atomic E-state index is 12.7. The van der Waals surface area contributed by atoms with Gasteiger partial charge in [-0.15, -0.1) is 0 Å². The van der Waals surface area contributed by atoms with Crippen molar-refractivity contribution in [2.24, 2.45) is 11.8 Å². The van der Waals surface area contributed by atoms with E-state index in [9.17, 15) is 9.59 Å². The van der Waals surface area contributed by atoms with Crippen LogP contribution in [0, 0.1) is 18.8 Å². The van der Waals surface area contributed by atoms with Gasteiger partial charge in [0.05, 0.1) is 10.9 Å². The number of aromatic nitrogens is 1. The lowest BCUT2D eigenvalue weighted by molar-refractivity contribution is -0.122. The van der Waals surface area contributed by atoms with E-state index in [0.717, 1.165) is 5.56 Å². The van der Waals surface area contributed by atoms with Crippen molar-refractivity contribution in [3.05, 3.63) is 58.7 Å². The molecule has 1 saturated heterocycles. The minimum atomic E-state index is -0.360. The van der Waals surface area contributed by atoms with E-state index < -0.39 is 0 Å². The van der Waals surface area contributed by atoms with Crippen molar-refractivity contribution in [2.75, 3.05) is 4.90 Å². The van der Waals surface area contributed by atoms with Gasteiger partial charge in [0, 0.05) is 12.1 Å². The van der Waals surface area contributed by atoms with Gasteiger partial charge >= 0.3 is 0 Å². The molecule has 0 radical (unpaired) electrons. The zero-order valence-electron chi connectivity index (χ0n) is 13.0. The average Bonchev–Trinajstić information content (AvgIpc) is 2.74. The molecule has 0 unspecified atom stereocenters. The van der Waals surface area contributed by atoms with Crippen LogP contribution in [0.2, 0.25) is 5.02 Å². The molecule has 1 aromatic carbocycles. The molecule has 1 aromatic heterocycles. The molecule has 2 amide bonds. The smallest absolute Gasteiger partial charge is 0.239 e. The number of hydrogen-bond acceptors (Lipinski definition) is 3. The quantitative estimate of drug-likeness (QED) is 0.811. The number of nitrogens with zero attached hydrogens (tertiary/aromatic N) is 2.